The first-order valence-electron chi connectivity index (χ1n) is 9.33. The Labute approximate surface area is 142 Å². The molecule has 2 aliphatic carbocycles. The monoisotopic (exact) mass is 333 g/mol. The Kier molecular flexibility index (Phi) is 4.10. The molecule has 0 aromatic rings. The van der Waals surface area contributed by atoms with E-state index < -0.39 is 6.17 Å². The van der Waals surface area contributed by atoms with E-state index in [1.165, 1.54) is 19.3 Å². The molecule has 3 atom stereocenters. The number of nitrogens with zero attached hydrogens (tertiary/aromatic N) is 3. The van der Waals surface area contributed by atoms with E-state index in [0.29, 0.717) is 6.04 Å². The van der Waals surface area contributed by atoms with Crippen molar-refractivity contribution in [3.63, 3.8) is 0 Å². The van der Waals surface area contributed by atoms with Crippen LogP contribution in [0.25, 0.3) is 0 Å². The molecule has 132 valence electrons. The van der Waals surface area contributed by atoms with Gasteiger partial charge in [-0.25, -0.2) is 0 Å². The third-order valence-corrected chi connectivity index (χ3v) is 6.00. The predicted molar refractivity (Wildman–Crippen MR) is 90.0 cm³/mol. The summed E-state index contributed by atoms with van der Waals surface area (Å²) in [7, 11) is 0. The van der Waals surface area contributed by atoms with Gasteiger partial charge in [-0.3, -0.25) is 15.0 Å². The SMILES string of the molecule is CC1=NNC2C(=O)N(CC(=O)NC3CCCC3)C3CCCCC3N12. The van der Waals surface area contributed by atoms with Crippen LogP contribution in [-0.4, -0.2) is 58.3 Å². The van der Waals surface area contributed by atoms with E-state index in [1.807, 2.05) is 11.8 Å². The van der Waals surface area contributed by atoms with Crippen molar-refractivity contribution >= 4 is 17.6 Å². The van der Waals surface area contributed by atoms with Gasteiger partial charge in [0.1, 0.15) is 12.4 Å². The van der Waals surface area contributed by atoms with E-state index in [-0.39, 0.29) is 30.4 Å². The normalized spacial score (nSPS) is 33.0. The van der Waals surface area contributed by atoms with Crippen molar-refractivity contribution in [1.82, 2.24) is 20.5 Å². The summed E-state index contributed by atoms with van der Waals surface area (Å²) >= 11 is 0. The fourth-order valence-corrected chi connectivity index (χ4v) is 4.86. The first-order valence-corrected chi connectivity index (χ1v) is 9.33. The number of nitrogens with one attached hydrogen (secondary N) is 2. The van der Waals surface area contributed by atoms with Crippen LogP contribution >= 0.6 is 0 Å². The molecule has 3 fully saturated rings. The molecule has 2 aliphatic heterocycles. The van der Waals surface area contributed by atoms with Crippen LogP contribution in [0.3, 0.4) is 0 Å². The summed E-state index contributed by atoms with van der Waals surface area (Å²) in [5.74, 6) is 0.865. The molecule has 3 unspecified atom stereocenters. The molecule has 0 aromatic carbocycles. The van der Waals surface area contributed by atoms with Crippen LogP contribution in [0.5, 0.6) is 0 Å². The smallest absolute Gasteiger partial charge is 0.268 e. The lowest BCUT2D eigenvalue weighted by molar-refractivity contribution is -0.152. The van der Waals surface area contributed by atoms with E-state index in [0.717, 1.165) is 37.9 Å². The summed E-state index contributed by atoms with van der Waals surface area (Å²) in [5.41, 5.74) is 2.96. The number of hydrazone groups is 1. The zero-order chi connectivity index (χ0) is 16.7. The molecule has 2 amide bonds. The quantitative estimate of drug-likeness (QED) is 0.799. The number of amides is 2. The number of carbonyl (C=O) groups is 2. The van der Waals surface area contributed by atoms with Gasteiger partial charge in [0.25, 0.3) is 5.91 Å². The summed E-state index contributed by atoms with van der Waals surface area (Å²) in [6.07, 6.45) is 8.42. The Hall–Kier alpha value is -1.79. The Morgan fingerprint density at radius 1 is 1.17 bits per heavy atom. The molecule has 4 aliphatic rings. The van der Waals surface area contributed by atoms with Crippen molar-refractivity contribution in [2.75, 3.05) is 6.54 Å². The summed E-state index contributed by atoms with van der Waals surface area (Å²) in [6.45, 7) is 2.13. The maximum atomic E-state index is 12.9. The van der Waals surface area contributed by atoms with Gasteiger partial charge in [-0.15, -0.1) is 0 Å². The third-order valence-electron chi connectivity index (χ3n) is 6.00. The molecule has 2 saturated carbocycles. The second kappa shape index (κ2) is 6.26. The minimum atomic E-state index is -0.427. The van der Waals surface area contributed by atoms with Gasteiger partial charge in [-0.2, -0.15) is 5.10 Å². The lowest BCUT2D eigenvalue weighted by Crippen LogP contribution is -2.69. The van der Waals surface area contributed by atoms with Crippen LogP contribution in [0.1, 0.15) is 58.3 Å². The average molecular weight is 333 g/mol. The molecular formula is C17H27N5O2. The lowest BCUT2D eigenvalue weighted by Gasteiger charge is -2.50. The number of amidine groups is 1. The molecule has 2 heterocycles. The van der Waals surface area contributed by atoms with E-state index in [9.17, 15) is 9.59 Å². The number of hydrogen-bond acceptors (Lipinski definition) is 5. The molecule has 0 radical (unpaired) electrons. The molecule has 0 aromatic heterocycles. The number of rotatable bonds is 3. The van der Waals surface area contributed by atoms with Crippen LogP contribution in [0.4, 0.5) is 0 Å². The van der Waals surface area contributed by atoms with Crippen molar-refractivity contribution in [1.29, 1.82) is 0 Å². The molecule has 2 N–H and O–H groups in total. The van der Waals surface area contributed by atoms with Crippen molar-refractivity contribution in [3.05, 3.63) is 0 Å². The summed E-state index contributed by atoms with van der Waals surface area (Å²) in [4.78, 5) is 29.4. The number of fused-ring (bicyclic) bond motifs is 3. The standard InChI is InChI=1S/C17H27N5O2/c1-11-19-20-16-17(24)21(10-15(23)18-12-6-2-3-7-12)13-8-4-5-9-14(13)22(11)16/h12-14,16,20H,2-10H2,1H3,(H,18,23). The van der Waals surface area contributed by atoms with Crippen LogP contribution in [-0.2, 0) is 9.59 Å². The van der Waals surface area contributed by atoms with Gasteiger partial charge in [-0.1, -0.05) is 25.7 Å². The fraction of sp³-hybridized carbons (Fsp3) is 0.824. The van der Waals surface area contributed by atoms with Crippen LogP contribution in [0.2, 0.25) is 0 Å². The van der Waals surface area contributed by atoms with Gasteiger partial charge in [0.15, 0.2) is 6.17 Å². The maximum absolute atomic E-state index is 12.9. The van der Waals surface area contributed by atoms with Crippen LogP contribution in [0, 0.1) is 0 Å². The van der Waals surface area contributed by atoms with E-state index in [1.54, 1.807) is 0 Å². The zero-order valence-electron chi connectivity index (χ0n) is 14.3. The van der Waals surface area contributed by atoms with Gasteiger partial charge in [-0.05, 0) is 32.6 Å². The van der Waals surface area contributed by atoms with Crippen molar-refractivity contribution in [2.24, 2.45) is 5.10 Å². The highest BCUT2D eigenvalue weighted by atomic mass is 16.2. The average Bonchev–Trinajstić information content (AvgIpc) is 3.21. The van der Waals surface area contributed by atoms with Crippen LogP contribution in [0.15, 0.2) is 5.10 Å². The Bertz CT molecular complexity index is 557. The first kappa shape index (κ1) is 15.7. The second-order valence-electron chi connectivity index (χ2n) is 7.53. The Balaban J connectivity index is 1.49. The fourth-order valence-electron chi connectivity index (χ4n) is 4.86. The van der Waals surface area contributed by atoms with Gasteiger partial charge in [0.2, 0.25) is 5.91 Å². The molecule has 24 heavy (non-hydrogen) atoms. The van der Waals surface area contributed by atoms with E-state index >= 15 is 0 Å². The van der Waals surface area contributed by atoms with Gasteiger partial charge >= 0.3 is 0 Å². The number of piperazine rings is 1. The Morgan fingerprint density at radius 2 is 1.83 bits per heavy atom. The summed E-state index contributed by atoms with van der Waals surface area (Å²) in [5, 5.41) is 7.38. The molecular weight excluding hydrogens is 306 g/mol. The first-order chi connectivity index (χ1) is 11.6. The third kappa shape index (κ3) is 2.63. The lowest BCUT2D eigenvalue weighted by atomic mass is 9.85. The minimum Gasteiger partial charge on any atom is -0.352 e. The molecule has 0 bridgehead atoms. The molecule has 0 spiro atoms. The maximum Gasteiger partial charge on any atom is 0.268 e. The number of carbonyl (C=O) groups excluding carboxylic acids is 2. The van der Waals surface area contributed by atoms with Gasteiger partial charge < -0.3 is 15.1 Å². The van der Waals surface area contributed by atoms with Crippen molar-refractivity contribution < 1.29 is 9.59 Å². The highest BCUT2D eigenvalue weighted by molar-refractivity contribution is 5.94. The summed E-state index contributed by atoms with van der Waals surface area (Å²) in [6, 6.07) is 0.701. The zero-order valence-corrected chi connectivity index (χ0v) is 14.3. The van der Waals surface area contributed by atoms with Gasteiger partial charge in [0.05, 0.1) is 12.1 Å². The molecule has 4 rings (SSSR count). The largest absolute Gasteiger partial charge is 0.352 e. The molecule has 7 nitrogen and oxygen atoms in total. The highest BCUT2D eigenvalue weighted by Crippen LogP contribution is 2.34. The van der Waals surface area contributed by atoms with Crippen molar-refractivity contribution in [2.45, 2.75) is 82.6 Å². The topological polar surface area (TPSA) is 77.0 Å². The van der Waals surface area contributed by atoms with Crippen LogP contribution < -0.4 is 10.7 Å². The predicted octanol–water partition coefficient (Wildman–Crippen LogP) is 0.763. The number of hydrogen-bond donors (Lipinski definition) is 2. The molecule has 1 saturated heterocycles. The van der Waals surface area contributed by atoms with E-state index in [2.05, 4.69) is 20.7 Å². The minimum absolute atomic E-state index is 0.0105. The highest BCUT2D eigenvalue weighted by Gasteiger charge is 2.50. The van der Waals surface area contributed by atoms with Crippen molar-refractivity contribution in [3.8, 4) is 0 Å². The Morgan fingerprint density at radius 3 is 2.58 bits per heavy atom. The van der Waals surface area contributed by atoms with Gasteiger partial charge in [0, 0.05) is 6.04 Å². The van der Waals surface area contributed by atoms with E-state index in [4.69, 9.17) is 0 Å². The second-order valence-corrected chi connectivity index (χ2v) is 7.53. The molecule has 7 heteroatoms. The summed E-state index contributed by atoms with van der Waals surface area (Å²) < 4.78 is 0.